The van der Waals surface area contributed by atoms with E-state index in [9.17, 15) is 0 Å². The van der Waals surface area contributed by atoms with Crippen LogP contribution in [-0.2, 0) is 11.2 Å². The lowest BCUT2D eigenvalue weighted by Gasteiger charge is -2.16. The Labute approximate surface area is 91.6 Å². The molecule has 1 aromatic carbocycles. The van der Waals surface area contributed by atoms with Crippen molar-refractivity contribution in [3.8, 4) is 0 Å². The molecule has 0 heterocycles. The van der Waals surface area contributed by atoms with E-state index in [1.807, 2.05) is 6.07 Å². The van der Waals surface area contributed by atoms with Gasteiger partial charge >= 0.3 is 0 Å². The fourth-order valence-corrected chi connectivity index (χ4v) is 1.50. The Balaban J connectivity index is 2.33. The van der Waals surface area contributed by atoms with Crippen LogP contribution < -0.4 is 11.1 Å². The second kappa shape index (κ2) is 7.40. The molecule has 0 saturated heterocycles. The van der Waals surface area contributed by atoms with Crippen molar-refractivity contribution < 1.29 is 4.74 Å². The Morgan fingerprint density at radius 1 is 1.33 bits per heavy atom. The number of hydrogen-bond acceptors (Lipinski definition) is 3. The first kappa shape index (κ1) is 12.2. The van der Waals surface area contributed by atoms with Crippen molar-refractivity contribution in [2.24, 2.45) is 5.73 Å². The van der Waals surface area contributed by atoms with Gasteiger partial charge in [-0.2, -0.15) is 0 Å². The standard InChI is InChI=1S/C12H20N2O/c1-15-8-7-14-12(10-13)9-11-5-3-2-4-6-11/h2-6,12,14H,7-10,13H2,1H3. The molecule has 0 spiro atoms. The van der Waals surface area contributed by atoms with E-state index in [0.29, 0.717) is 12.6 Å². The second-order valence-corrected chi connectivity index (χ2v) is 3.57. The molecule has 0 amide bonds. The van der Waals surface area contributed by atoms with E-state index in [-0.39, 0.29) is 0 Å². The molecule has 1 atom stereocenters. The van der Waals surface area contributed by atoms with Crippen LogP contribution in [0.4, 0.5) is 0 Å². The highest BCUT2D eigenvalue weighted by molar-refractivity contribution is 5.15. The van der Waals surface area contributed by atoms with Crippen LogP contribution in [0.3, 0.4) is 0 Å². The Morgan fingerprint density at radius 3 is 2.67 bits per heavy atom. The van der Waals surface area contributed by atoms with Gasteiger partial charge < -0.3 is 15.8 Å². The molecule has 0 aliphatic carbocycles. The number of rotatable bonds is 7. The summed E-state index contributed by atoms with van der Waals surface area (Å²) in [6.45, 7) is 2.23. The first-order chi connectivity index (χ1) is 7.36. The molecule has 15 heavy (non-hydrogen) atoms. The minimum absolute atomic E-state index is 0.336. The third-order valence-corrected chi connectivity index (χ3v) is 2.35. The van der Waals surface area contributed by atoms with Crippen LogP contribution in [0, 0.1) is 0 Å². The second-order valence-electron chi connectivity index (χ2n) is 3.57. The average molecular weight is 208 g/mol. The maximum absolute atomic E-state index is 5.70. The third kappa shape index (κ3) is 4.93. The molecule has 0 bridgehead atoms. The van der Waals surface area contributed by atoms with Crippen LogP contribution in [0.5, 0.6) is 0 Å². The van der Waals surface area contributed by atoms with Crippen molar-refractivity contribution in [1.29, 1.82) is 0 Å². The van der Waals surface area contributed by atoms with Gasteiger partial charge in [-0.25, -0.2) is 0 Å². The molecule has 3 heteroatoms. The molecule has 3 nitrogen and oxygen atoms in total. The quantitative estimate of drug-likeness (QED) is 0.651. The normalized spacial score (nSPS) is 12.7. The van der Waals surface area contributed by atoms with Gasteiger partial charge in [0.05, 0.1) is 6.61 Å². The SMILES string of the molecule is COCCNC(CN)Cc1ccccc1. The number of methoxy groups -OCH3 is 1. The molecule has 0 fully saturated rings. The van der Waals surface area contributed by atoms with Gasteiger partial charge in [-0.1, -0.05) is 30.3 Å². The summed E-state index contributed by atoms with van der Waals surface area (Å²) in [6.07, 6.45) is 0.973. The summed E-state index contributed by atoms with van der Waals surface area (Å²) in [7, 11) is 1.70. The number of nitrogens with one attached hydrogen (secondary N) is 1. The minimum Gasteiger partial charge on any atom is -0.383 e. The van der Waals surface area contributed by atoms with Crippen molar-refractivity contribution in [1.82, 2.24) is 5.32 Å². The number of benzene rings is 1. The summed E-state index contributed by atoms with van der Waals surface area (Å²) in [6, 6.07) is 10.7. The monoisotopic (exact) mass is 208 g/mol. The van der Waals surface area contributed by atoms with Crippen molar-refractivity contribution in [3.63, 3.8) is 0 Å². The predicted octanol–water partition coefficient (Wildman–Crippen LogP) is 0.792. The molecule has 0 aliphatic heterocycles. The molecule has 0 saturated carbocycles. The zero-order valence-electron chi connectivity index (χ0n) is 9.28. The van der Waals surface area contributed by atoms with Gasteiger partial charge in [0.25, 0.3) is 0 Å². The first-order valence-corrected chi connectivity index (χ1v) is 5.33. The van der Waals surface area contributed by atoms with Crippen molar-refractivity contribution in [3.05, 3.63) is 35.9 Å². The van der Waals surface area contributed by atoms with Crippen LogP contribution in [0.2, 0.25) is 0 Å². The largest absolute Gasteiger partial charge is 0.383 e. The topological polar surface area (TPSA) is 47.3 Å². The van der Waals surface area contributed by atoms with E-state index in [1.165, 1.54) is 5.56 Å². The molecule has 84 valence electrons. The zero-order chi connectivity index (χ0) is 10.9. The van der Waals surface area contributed by atoms with Gasteiger partial charge in [0, 0.05) is 26.2 Å². The molecule has 1 aromatic rings. The lowest BCUT2D eigenvalue weighted by atomic mass is 10.1. The van der Waals surface area contributed by atoms with Gasteiger partial charge in [0.15, 0.2) is 0 Å². The molecule has 1 unspecified atom stereocenters. The predicted molar refractivity (Wildman–Crippen MR) is 62.9 cm³/mol. The number of hydrogen-bond donors (Lipinski definition) is 2. The van der Waals surface area contributed by atoms with E-state index >= 15 is 0 Å². The Morgan fingerprint density at radius 2 is 2.07 bits per heavy atom. The summed E-state index contributed by atoms with van der Waals surface area (Å²) in [4.78, 5) is 0. The van der Waals surface area contributed by atoms with E-state index < -0.39 is 0 Å². The Hall–Kier alpha value is -0.900. The Kier molecular flexibility index (Phi) is 6.00. The van der Waals surface area contributed by atoms with E-state index in [2.05, 4.69) is 29.6 Å². The van der Waals surface area contributed by atoms with Gasteiger partial charge in [-0.3, -0.25) is 0 Å². The summed E-state index contributed by atoms with van der Waals surface area (Å²) < 4.78 is 4.98. The summed E-state index contributed by atoms with van der Waals surface area (Å²) >= 11 is 0. The highest BCUT2D eigenvalue weighted by atomic mass is 16.5. The molecule has 0 radical (unpaired) electrons. The van der Waals surface area contributed by atoms with Gasteiger partial charge in [-0.05, 0) is 12.0 Å². The van der Waals surface area contributed by atoms with Gasteiger partial charge in [0.1, 0.15) is 0 Å². The number of ether oxygens (including phenoxy) is 1. The van der Waals surface area contributed by atoms with Crippen LogP contribution in [-0.4, -0.2) is 32.8 Å². The maximum atomic E-state index is 5.70. The third-order valence-electron chi connectivity index (χ3n) is 2.35. The summed E-state index contributed by atoms with van der Waals surface area (Å²) in [5.41, 5.74) is 7.02. The van der Waals surface area contributed by atoms with Crippen molar-refractivity contribution >= 4 is 0 Å². The van der Waals surface area contributed by atoms with E-state index in [4.69, 9.17) is 10.5 Å². The molecular weight excluding hydrogens is 188 g/mol. The van der Waals surface area contributed by atoms with Crippen LogP contribution in [0.15, 0.2) is 30.3 Å². The van der Waals surface area contributed by atoms with Gasteiger partial charge in [0.2, 0.25) is 0 Å². The molecule has 0 aliphatic rings. The highest BCUT2D eigenvalue weighted by Gasteiger charge is 2.05. The fraction of sp³-hybridized carbons (Fsp3) is 0.500. The molecule has 3 N–H and O–H groups in total. The molecule has 1 rings (SSSR count). The van der Waals surface area contributed by atoms with Crippen molar-refractivity contribution in [2.75, 3.05) is 26.8 Å². The average Bonchev–Trinajstić information content (AvgIpc) is 2.29. The highest BCUT2D eigenvalue weighted by Crippen LogP contribution is 2.02. The van der Waals surface area contributed by atoms with Crippen LogP contribution >= 0.6 is 0 Å². The first-order valence-electron chi connectivity index (χ1n) is 5.33. The summed E-state index contributed by atoms with van der Waals surface area (Å²) in [5, 5.41) is 3.37. The van der Waals surface area contributed by atoms with E-state index in [0.717, 1.165) is 19.6 Å². The Bertz CT molecular complexity index is 251. The fourth-order valence-electron chi connectivity index (χ4n) is 1.50. The summed E-state index contributed by atoms with van der Waals surface area (Å²) in [5.74, 6) is 0. The van der Waals surface area contributed by atoms with Crippen molar-refractivity contribution in [2.45, 2.75) is 12.5 Å². The van der Waals surface area contributed by atoms with Crippen LogP contribution in [0.1, 0.15) is 5.56 Å². The van der Waals surface area contributed by atoms with Crippen LogP contribution in [0.25, 0.3) is 0 Å². The lowest BCUT2D eigenvalue weighted by Crippen LogP contribution is -2.39. The zero-order valence-corrected chi connectivity index (χ0v) is 9.28. The molecular formula is C12H20N2O. The smallest absolute Gasteiger partial charge is 0.0587 e. The lowest BCUT2D eigenvalue weighted by molar-refractivity contribution is 0.196. The van der Waals surface area contributed by atoms with Gasteiger partial charge in [-0.15, -0.1) is 0 Å². The minimum atomic E-state index is 0.336. The van der Waals surface area contributed by atoms with E-state index in [1.54, 1.807) is 7.11 Å². The molecule has 0 aromatic heterocycles. The number of nitrogens with two attached hydrogens (primary N) is 1. The maximum Gasteiger partial charge on any atom is 0.0587 e.